The van der Waals surface area contributed by atoms with Gasteiger partial charge in [0.1, 0.15) is 5.94 Å². The lowest BCUT2D eigenvalue weighted by Gasteiger charge is -1.96. The maximum absolute atomic E-state index is 11.1. The lowest BCUT2D eigenvalue weighted by atomic mass is 10.2. The molecule has 0 fully saturated rings. The quantitative estimate of drug-likeness (QED) is 0.432. The zero-order valence-electron chi connectivity index (χ0n) is 7.97. The summed E-state index contributed by atoms with van der Waals surface area (Å²) >= 11 is 1.47. The van der Waals surface area contributed by atoms with E-state index in [1.165, 1.54) is 17.8 Å². The Bertz CT molecular complexity index is 306. The van der Waals surface area contributed by atoms with Crippen LogP contribution in [0.4, 0.5) is 0 Å². The molecular weight excluding hydrogens is 196 g/mol. The fourth-order valence-corrected chi connectivity index (χ4v) is 1.13. The second-order valence-corrected chi connectivity index (χ2v) is 3.43. The van der Waals surface area contributed by atoms with Gasteiger partial charge in [-0.2, -0.15) is 0 Å². The van der Waals surface area contributed by atoms with E-state index in [0.717, 1.165) is 5.56 Å². The Morgan fingerprint density at radius 2 is 2.14 bits per heavy atom. The minimum Gasteiger partial charge on any atom is -0.451 e. The highest BCUT2D eigenvalue weighted by Gasteiger charge is 1.94. The summed E-state index contributed by atoms with van der Waals surface area (Å²) in [5.41, 5.74) is 0.994. The topological polar surface area (TPSA) is 26.3 Å². The fraction of sp³-hybridized carbons (Fsp3) is 0.182. The number of rotatable bonds is 4. The summed E-state index contributed by atoms with van der Waals surface area (Å²) in [6.45, 7) is 0. The summed E-state index contributed by atoms with van der Waals surface area (Å²) in [4.78, 5) is 11.1. The minimum absolute atomic E-state index is 0.303. The van der Waals surface area contributed by atoms with Crippen LogP contribution in [0.1, 0.15) is 5.56 Å². The molecule has 0 saturated heterocycles. The Hall–Kier alpha value is -1.22. The van der Waals surface area contributed by atoms with E-state index in [1.807, 2.05) is 36.6 Å². The van der Waals surface area contributed by atoms with Gasteiger partial charge in [-0.05, 0) is 17.9 Å². The molecule has 0 bridgehead atoms. The van der Waals surface area contributed by atoms with E-state index in [1.54, 1.807) is 6.08 Å². The van der Waals surface area contributed by atoms with E-state index in [2.05, 4.69) is 0 Å². The maximum Gasteiger partial charge on any atom is 0.331 e. The fourth-order valence-electron chi connectivity index (χ4n) is 0.894. The first-order valence-corrected chi connectivity index (χ1v) is 5.61. The summed E-state index contributed by atoms with van der Waals surface area (Å²) in [5, 5.41) is 0. The van der Waals surface area contributed by atoms with Gasteiger partial charge >= 0.3 is 5.97 Å². The summed E-state index contributed by atoms with van der Waals surface area (Å²) in [6.07, 6.45) is 5.06. The third kappa shape index (κ3) is 4.14. The van der Waals surface area contributed by atoms with E-state index >= 15 is 0 Å². The van der Waals surface area contributed by atoms with Gasteiger partial charge in [0.2, 0.25) is 0 Å². The molecule has 0 aliphatic carbocycles. The van der Waals surface area contributed by atoms with E-state index < -0.39 is 0 Å². The molecule has 0 amide bonds. The van der Waals surface area contributed by atoms with Crippen LogP contribution in [-0.2, 0) is 9.53 Å². The molecule has 0 spiro atoms. The third-order valence-electron chi connectivity index (χ3n) is 1.53. The number of hydrogen-bond acceptors (Lipinski definition) is 3. The molecule has 0 atom stereocenters. The second kappa shape index (κ2) is 6.27. The average Bonchev–Trinajstić information content (AvgIpc) is 2.25. The third-order valence-corrected chi connectivity index (χ3v) is 1.88. The largest absolute Gasteiger partial charge is 0.451 e. The van der Waals surface area contributed by atoms with Gasteiger partial charge in [0.25, 0.3) is 0 Å². The highest BCUT2D eigenvalue weighted by Crippen LogP contribution is 2.01. The summed E-state index contributed by atoms with van der Waals surface area (Å²) in [5.74, 6) is 0.0982. The number of carbonyl (C=O) groups is 1. The van der Waals surface area contributed by atoms with Crippen LogP contribution in [-0.4, -0.2) is 18.2 Å². The van der Waals surface area contributed by atoms with Crippen LogP contribution in [0.5, 0.6) is 0 Å². The summed E-state index contributed by atoms with van der Waals surface area (Å²) in [6, 6.07) is 9.64. The molecular formula is C11H12O2S. The Morgan fingerprint density at radius 1 is 1.43 bits per heavy atom. The molecule has 0 aromatic heterocycles. The summed E-state index contributed by atoms with van der Waals surface area (Å²) < 4.78 is 4.85. The predicted octanol–water partition coefficient (Wildman–Crippen LogP) is 2.56. The molecule has 2 nitrogen and oxygen atoms in total. The predicted molar refractivity (Wildman–Crippen MR) is 60.0 cm³/mol. The van der Waals surface area contributed by atoms with E-state index in [-0.39, 0.29) is 5.97 Å². The normalized spacial score (nSPS) is 10.4. The molecule has 0 N–H and O–H groups in total. The molecule has 1 aromatic rings. The molecule has 0 radical (unpaired) electrons. The van der Waals surface area contributed by atoms with Gasteiger partial charge < -0.3 is 4.74 Å². The lowest BCUT2D eigenvalue weighted by molar-refractivity contribution is -0.135. The molecule has 0 aliphatic rings. The van der Waals surface area contributed by atoms with Crippen LogP contribution in [0.25, 0.3) is 6.08 Å². The number of thioether (sulfide) groups is 1. The van der Waals surface area contributed by atoms with Crippen LogP contribution < -0.4 is 0 Å². The molecule has 3 heteroatoms. The summed E-state index contributed by atoms with van der Waals surface area (Å²) in [7, 11) is 0. The van der Waals surface area contributed by atoms with Crippen molar-refractivity contribution in [3.8, 4) is 0 Å². The zero-order chi connectivity index (χ0) is 10.2. The van der Waals surface area contributed by atoms with Crippen molar-refractivity contribution in [2.24, 2.45) is 0 Å². The van der Waals surface area contributed by atoms with Crippen molar-refractivity contribution in [3.63, 3.8) is 0 Å². The average molecular weight is 208 g/mol. The number of ether oxygens (including phenoxy) is 1. The monoisotopic (exact) mass is 208 g/mol. The molecule has 0 aliphatic heterocycles. The van der Waals surface area contributed by atoms with Crippen LogP contribution in [0.2, 0.25) is 0 Å². The lowest BCUT2D eigenvalue weighted by Crippen LogP contribution is -1.98. The van der Waals surface area contributed by atoms with Crippen LogP contribution in [0.15, 0.2) is 36.4 Å². The Kier molecular flexibility index (Phi) is 4.86. The minimum atomic E-state index is -0.303. The molecule has 74 valence electrons. The van der Waals surface area contributed by atoms with E-state index in [4.69, 9.17) is 4.74 Å². The molecule has 1 rings (SSSR count). The van der Waals surface area contributed by atoms with Crippen molar-refractivity contribution in [3.05, 3.63) is 42.0 Å². The van der Waals surface area contributed by atoms with E-state index in [0.29, 0.717) is 5.94 Å². The zero-order valence-corrected chi connectivity index (χ0v) is 8.79. The second-order valence-electron chi connectivity index (χ2n) is 2.61. The van der Waals surface area contributed by atoms with Gasteiger partial charge in [-0.15, -0.1) is 11.8 Å². The number of hydrogen-bond donors (Lipinski definition) is 0. The molecule has 0 unspecified atom stereocenters. The number of esters is 1. The van der Waals surface area contributed by atoms with Crippen molar-refractivity contribution in [1.82, 2.24) is 0 Å². The maximum atomic E-state index is 11.1. The number of carbonyl (C=O) groups excluding carboxylic acids is 1. The smallest absolute Gasteiger partial charge is 0.331 e. The first kappa shape index (κ1) is 10.9. The van der Waals surface area contributed by atoms with Crippen LogP contribution in [0.3, 0.4) is 0 Å². The Balaban J connectivity index is 2.44. The standard InChI is InChI=1S/C11H12O2S/c1-14-9-13-11(12)8-7-10-5-3-2-4-6-10/h2-8H,9H2,1H3/b8-7+. The molecule has 0 saturated carbocycles. The number of benzene rings is 1. The van der Waals surface area contributed by atoms with Crippen molar-refractivity contribution in [2.45, 2.75) is 0 Å². The van der Waals surface area contributed by atoms with Gasteiger partial charge in [-0.1, -0.05) is 30.3 Å². The van der Waals surface area contributed by atoms with Crippen molar-refractivity contribution in [1.29, 1.82) is 0 Å². The van der Waals surface area contributed by atoms with Crippen LogP contribution >= 0.6 is 11.8 Å². The van der Waals surface area contributed by atoms with Crippen molar-refractivity contribution in [2.75, 3.05) is 12.2 Å². The molecule has 14 heavy (non-hydrogen) atoms. The first-order valence-electron chi connectivity index (χ1n) is 4.22. The molecule has 1 aromatic carbocycles. The van der Waals surface area contributed by atoms with Crippen molar-refractivity contribution < 1.29 is 9.53 Å². The van der Waals surface area contributed by atoms with Crippen LogP contribution in [0, 0.1) is 0 Å². The van der Waals surface area contributed by atoms with Gasteiger partial charge in [0.05, 0.1) is 0 Å². The van der Waals surface area contributed by atoms with Gasteiger partial charge in [-0.25, -0.2) is 4.79 Å². The SMILES string of the molecule is CSCOC(=O)/C=C/c1ccccc1. The highest BCUT2D eigenvalue weighted by molar-refractivity contribution is 7.98. The Labute approximate surface area is 88.0 Å². The van der Waals surface area contributed by atoms with Gasteiger partial charge in [0.15, 0.2) is 0 Å². The highest BCUT2D eigenvalue weighted by atomic mass is 32.2. The first-order chi connectivity index (χ1) is 6.83. The molecule has 0 heterocycles. The Morgan fingerprint density at radius 3 is 2.79 bits per heavy atom. The van der Waals surface area contributed by atoms with Gasteiger partial charge in [-0.3, -0.25) is 0 Å². The van der Waals surface area contributed by atoms with Gasteiger partial charge in [0, 0.05) is 6.08 Å². The van der Waals surface area contributed by atoms with Crippen molar-refractivity contribution >= 4 is 23.8 Å². The van der Waals surface area contributed by atoms with E-state index in [9.17, 15) is 4.79 Å².